The fourth-order valence-corrected chi connectivity index (χ4v) is 6.35. The number of carbonyl (C=O) groups excluding carboxylic acids is 1. The minimum atomic E-state index is -0.321. The number of ether oxygens (including phenoxy) is 1. The number of aromatic nitrogens is 1. The summed E-state index contributed by atoms with van der Waals surface area (Å²) in [5, 5.41) is 3.16. The number of hydrogen-bond donors (Lipinski definition) is 1. The van der Waals surface area contributed by atoms with Gasteiger partial charge < -0.3 is 10.1 Å². The lowest BCUT2D eigenvalue weighted by atomic mass is 9.76. The lowest BCUT2D eigenvalue weighted by Gasteiger charge is -2.40. The highest BCUT2D eigenvalue weighted by molar-refractivity contribution is 14.1. The number of carbonyl (C=O) groups is 1. The van der Waals surface area contributed by atoms with E-state index >= 15 is 0 Å². The van der Waals surface area contributed by atoms with E-state index in [1.807, 2.05) is 38.3 Å². The molecule has 1 N–H and O–H groups in total. The van der Waals surface area contributed by atoms with Gasteiger partial charge in [0.25, 0.3) is 0 Å². The van der Waals surface area contributed by atoms with Crippen molar-refractivity contribution in [2.45, 2.75) is 78.5 Å². The molecule has 3 rings (SSSR count). The summed E-state index contributed by atoms with van der Waals surface area (Å²) in [6.45, 7) is 14.4. The molecule has 1 fully saturated rings. The van der Waals surface area contributed by atoms with Gasteiger partial charge in [-0.05, 0) is 114 Å². The van der Waals surface area contributed by atoms with Crippen LogP contribution in [0.3, 0.4) is 0 Å². The number of pyridine rings is 1. The van der Waals surface area contributed by atoms with E-state index in [2.05, 4.69) is 82.8 Å². The van der Waals surface area contributed by atoms with E-state index in [1.54, 1.807) is 0 Å². The maximum absolute atomic E-state index is 12.4. The molecule has 2 aromatic rings. The van der Waals surface area contributed by atoms with Crippen molar-refractivity contribution in [2.24, 2.45) is 5.41 Å². The molecule has 0 radical (unpaired) electrons. The number of likely N-dealkylation sites (tertiary alicyclic amines) is 1. The Kier molecular flexibility index (Phi) is 8.25. The zero-order valence-electron chi connectivity index (χ0n) is 20.1. The van der Waals surface area contributed by atoms with Crippen LogP contribution in [-0.4, -0.2) is 41.2 Å². The standard InChI is InChI=1S/C25H36IN3O2S/c1-17(2)31-23(30)28-19(4)25(12-11-21-9-10-22(26)32-21)13-14-29(16-25)24(5,6)20-8-7-18(3)27-15-20/h7-10,15,17,19H,11-14,16H2,1-6H3,(H,28,30)/t19-,25?/m1/s1. The first-order valence-electron chi connectivity index (χ1n) is 11.4. The molecule has 1 unspecified atom stereocenters. The molecular weight excluding hydrogens is 533 g/mol. The van der Waals surface area contributed by atoms with E-state index in [1.165, 1.54) is 13.3 Å². The van der Waals surface area contributed by atoms with Gasteiger partial charge in [0.1, 0.15) is 0 Å². The minimum Gasteiger partial charge on any atom is -0.447 e. The molecule has 1 amide bonds. The van der Waals surface area contributed by atoms with Gasteiger partial charge in [0.05, 0.1) is 8.99 Å². The molecule has 176 valence electrons. The van der Waals surface area contributed by atoms with Crippen LogP contribution in [-0.2, 0) is 16.7 Å². The fourth-order valence-electron chi connectivity index (χ4n) is 4.60. The summed E-state index contributed by atoms with van der Waals surface area (Å²) >= 11 is 4.25. The van der Waals surface area contributed by atoms with Crippen LogP contribution < -0.4 is 5.32 Å². The Morgan fingerprint density at radius 3 is 2.66 bits per heavy atom. The van der Waals surface area contributed by atoms with Gasteiger partial charge in [-0.15, -0.1) is 11.3 Å². The van der Waals surface area contributed by atoms with E-state index in [9.17, 15) is 4.79 Å². The summed E-state index contributed by atoms with van der Waals surface area (Å²) in [4.78, 5) is 20.9. The van der Waals surface area contributed by atoms with Crippen molar-refractivity contribution in [1.29, 1.82) is 0 Å². The molecule has 2 aromatic heterocycles. The number of alkyl carbamates (subject to hydrolysis) is 1. The van der Waals surface area contributed by atoms with E-state index in [0.29, 0.717) is 0 Å². The van der Waals surface area contributed by atoms with Crippen molar-refractivity contribution >= 4 is 40.0 Å². The zero-order chi connectivity index (χ0) is 23.5. The van der Waals surface area contributed by atoms with Crippen LogP contribution in [0.25, 0.3) is 0 Å². The van der Waals surface area contributed by atoms with Gasteiger partial charge in [-0.25, -0.2) is 4.79 Å². The Labute approximate surface area is 210 Å². The van der Waals surface area contributed by atoms with Gasteiger partial charge in [-0.2, -0.15) is 0 Å². The van der Waals surface area contributed by atoms with E-state index in [-0.39, 0.29) is 29.2 Å². The van der Waals surface area contributed by atoms with Crippen LogP contribution in [0.1, 0.15) is 63.6 Å². The zero-order valence-corrected chi connectivity index (χ0v) is 23.0. The van der Waals surface area contributed by atoms with Gasteiger partial charge in [-0.1, -0.05) is 6.07 Å². The van der Waals surface area contributed by atoms with Crippen LogP contribution in [0.15, 0.2) is 30.5 Å². The molecule has 0 aromatic carbocycles. The van der Waals surface area contributed by atoms with E-state index < -0.39 is 0 Å². The molecule has 1 aliphatic rings. The molecule has 7 heteroatoms. The summed E-state index contributed by atoms with van der Waals surface area (Å²) < 4.78 is 6.71. The molecule has 32 heavy (non-hydrogen) atoms. The van der Waals surface area contributed by atoms with Crippen molar-refractivity contribution in [3.63, 3.8) is 0 Å². The smallest absolute Gasteiger partial charge is 0.407 e. The van der Waals surface area contributed by atoms with Crippen molar-refractivity contribution in [3.8, 4) is 0 Å². The highest BCUT2D eigenvalue weighted by atomic mass is 127. The SMILES string of the molecule is Cc1ccc(C(C)(C)N2CCC(CCc3ccc(I)s3)([C@@H](C)NC(=O)OC(C)C)C2)cn1. The molecule has 0 saturated carbocycles. The molecule has 0 bridgehead atoms. The third kappa shape index (κ3) is 6.03. The largest absolute Gasteiger partial charge is 0.447 e. The molecular formula is C25H36IN3O2S. The molecule has 1 aliphatic heterocycles. The van der Waals surface area contributed by atoms with Gasteiger partial charge >= 0.3 is 6.09 Å². The van der Waals surface area contributed by atoms with Gasteiger partial charge in [-0.3, -0.25) is 9.88 Å². The Hall–Kier alpha value is -1.19. The number of nitrogens with one attached hydrogen (secondary N) is 1. The van der Waals surface area contributed by atoms with E-state index in [4.69, 9.17) is 4.74 Å². The Morgan fingerprint density at radius 2 is 2.06 bits per heavy atom. The summed E-state index contributed by atoms with van der Waals surface area (Å²) in [5.41, 5.74) is 2.12. The second-order valence-corrected chi connectivity index (χ2v) is 12.9. The minimum absolute atomic E-state index is 0.0131. The highest BCUT2D eigenvalue weighted by Gasteiger charge is 2.47. The number of hydrogen-bond acceptors (Lipinski definition) is 5. The monoisotopic (exact) mass is 569 g/mol. The first-order valence-corrected chi connectivity index (χ1v) is 13.3. The van der Waals surface area contributed by atoms with Gasteiger partial charge in [0, 0.05) is 40.3 Å². The second kappa shape index (κ2) is 10.4. The lowest BCUT2D eigenvalue weighted by molar-refractivity contribution is 0.0892. The van der Waals surface area contributed by atoms with Crippen molar-refractivity contribution in [3.05, 3.63) is 49.5 Å². The Bertz CT molecular complexity index is 912. The van der Waals surface area contributed by atoms with Gasteiger partial charge in [0.15, 0.2) is 0 Å². The number of amides is 1. The fraction of sp³-hybridized carbons (Fsp3) is 0.600. The number of rotatable bonds is 8. The maximum Gasteiger partial charge on any atom is 0.407 e. The molecule has 2 atom stereocenters. The average Bonchev–Trinajstić information content (AvgIpc) is 3.33. The van der Waals surface area contributed by atoms with Crippen LogP contribution in [0.2, 0.25) is 0 Å². The molecule has 1 saturated heterocycles. The number of halogens is 1. The number of aryl methyl sites for hydroxylation is 2. The first kappa shape index (κ1) is 25.4. The predicted molar refractivity (Wildman–Crippen MR) is 140 cm³/mol. The lowest BCUT2D eigenvalue weighted by Crippen LogP contribution is -2.50. The number of nitrogens with zero attached hydrogens (tertiary/aromatic N) is 2. The van der Waals surface area contributed by atoms with Gasteiger partial charge in [0.2, 0.25) is 0 Å². The third-order valence-corrected chi connectivity index (χ3v) is 8.84. The molecule has 3 heterocycles. The molecule has 5 nitrogen and oxygen atoms in total. The summed E-state index contributed by atoms with van der Waals surface area (Å²) in [7, 11) is 0. The van der Waals surface area contributed by atoms with E-state index in [0.717, 1.165) is 38.0 Å². The van der Waals surface area contributed by atoms with Crippen molar-refractivity contribution in [1.82, 2.24) is 15.2 Å². The first-order chi connectivity index (χ1) is 15.0. The van der Waals surface area contributed by atoms with Crippen molar-refractivity contribution in [2.75, 3.05) is 13.1 Å². The summed E-state index contributed by atoms with van der Waals surface area (Å²) in [6.07, 6.45) is 4.66. The third-order valence-electron chi connectivity index (χ3n) is 6.89. The van der Waals surface area contributed by atoms with Crippen LogP contribution in [0.4, 0.5) is 4.79 Å². The Balaban J connectivity index is 1.80. The quantitative estimate of drug-likeness (QED) is 0.388. The normalized spacial score (nSPS) is 20.5. The Morgan fingerprint density at radius 1 is 1.31 bits per heavy atom. The topological polar surface area (TPSA) is 54.5 Å². The number of thiophene rings is 1. The average molecular weight is 570 g/mol. The molecule has 0 spiro atoms. The van der Waals surface area contributed by atoms with Crippen LogP contribution >= 0.6 is 33.9 Å². The van der Waals surface area contributed by atoms with Crippen molar-refractivity contribution < 1.29 is 9.53 Å². The van der Waals surface area contributed by atoms with Crippen LogP contribution in [0.5, 0.6) is 0 Å². The second-order valence-electron chi connectivity index (χ2n) is 9.81. The highest BCUT2D eigenvalue weighted by Crippen LogP contribution is 2.44. The summed E-state index contributed by atoms with van der Waals surface area (Å²) in [6, 6.07) is 8.72. The maximum atomic E-state index is 12.4. The van der Waals surface area contributed by atoms with Crippen LogP contribution in [0, 0.1) is 15.2 Å². The molecule has 0 aliphatic carbocycles. The summed E-state index contributed by atoms with van der Waals surface area (Å²) in [5.74, 6) is 0. The predicted octanol–water partition coefficient (Wildman–Crippen LogP) is 6.14.